The van der Waals surface area contributed by atoms with Crippen LogP contribution in [0.15, 0.2) is 9.05 Å². The van der Waals surface area contributed by atoms with E-state index in [9.17, 15) is 0 Å². The lowest BCUT2D eigenvalue weighted by Crippen LogP contribution is -2.40. The first-order valence-corrected chi connectivity index (χ1v) is 7.11. The van der Waals surface area contributed by atoms with Crippen LogP contribution >= 0.6 is 0 Å². The molecule has 7 heteroatoms. The third kappa shape index (κ3) is 2.98. The minimum absolute atomic E-state index is 0.159. The fraction of sp³-hybridized carbons (Fsp3) is 0.643. The molecular formula is C14H20N4O3. The normalized spacial score (nSPS) is 23.6. The van der Waals surface area contributed by atoms with Crippen molar-refractivity contribution in [1.82, 2.24) is 20.2 Å². The van der Waals surface area contributed by atoms with E-state index in [1.54, 1.807) is 0 Å². The van der Waals surface area contributed by atoms with Gasteiger partial charge in [-0.3, -0.25) is 0 Å². The molecule has 0 bridgehead atoms. The van der Waals surface area contributed by atoms with Gasteiger partial charge in [-0.25, -0.2) is 0 Å². The third-order valence-electron chi connectivity index (χ3n) is 3.72. The molecule has 3 heterocycles. The topological polar surface area (TPSA) is 77.4 Å². The van der Waals surface area contributed by atoms with Crippen LogP contribution in [0.25, 0.3) is 0 Å². The molecule has 1 saturated heterocycles. The van der Waals surface area contributed by atoms with Crippen LogP contribution in [0.1, 0.15) is 41.8 Å². The lowest BCUT2D eigenvalue weighted by Gasteiger charge is -2.32. The van der Waals surface area contributed by atoms with Crippen molar-refractivity contribution >= 4 is 0 Å². The second-order valence-corrected chi connectivity index (χ2v) is 5.68. The van der Waals surface area contributed by atoms with Crippen LogP contribution in [0.3, 0.4) is 0 Å². The average molecular weight is 292 g/mol. The van der Waals surface area contributed by atoms with Gasteiger partial charge in [-0.15, -0.1) is 0 Å². The van der Waals surface area contributed by atoms with Gasteiger partial charge in [0.1, 0.15) is 11.9 Å². The second-order valence-electron chi connectivity index (χ2n) is 5.68. The van der Waals surface area contributed by atoms with Crippen molar-refractivity contribution in [3.63, 3.8) is 0 Å². The van der Waals surface area contributed by atoms with Crippen molar-refractivity contribution in [2.24, 2.45) is 0 Å². The molecule has 3 rings (SSSR count). The summed E-state index contributed by atoms with van der Waals surface area (Å²) in [5.74, 6) is 1.96. The molecule has 2 aromatic heterocycles. The Morgan fingerprint density at radius 3 is 2.67 bits per heavy atom. The first kappa shape index (κ1) is 14.2. The standard InChI is InChI=1S/C14H20N4O3/c1-8-6-18(4)7-12(19-8)14-15-13(17-21-14)5-11-9(2)16-20-10(11)3/h8,12H,5-7H2,1-4H3/t8-,12-/m1/s1. The number of ether oxygens (including phenoxy) is 1. The highest BCUT2D eigenvalue weighted by Crippen LogP contribution is 2.24. The number of nitrogens with zero attached hydrogens (tertiary/aromatic N) is 4. The van der Waals surface area contributed by atoms with Crippen LogP contribution in [0.2, 0.25) is 0 Å². The summed E-state index contributed by atoms with van der Waals surface area (Å²) in [4.78, 5) is 6.67. The van der Waals surface area contributed by atoms with Gasteiger partial charge in [0.05, 0.1) is 11.8 Å². The summed E-state index contributed by atoms with van der Waals surface area (Å²) in [7, 11) is 2.06. The first-order chi connectivity index (χ1) is 10.0. The van der Waals surface area contributed by atoms with E-state index in [0.29, 0.717) is 18.1 Å². The van der Waals surface area contributed by atoms with Crippen molar-refractivity contribution in [3.05, 3.63) is 28.7 Å². The first-order valence-electron chi connectivity index (χ1n) is 7.11. The van der Waals surface area contributed by atoms with Crippen LogP contribution in [-0.2, 0) is 11.2 Å². The minimum Gasteiger partial charge on any atom is -0.363 e. The van der Waals surface area contributed by atoms with Gasteiger partial charge in [-0.1, -0.05) is 10.3 Å². The quantitative estimate of drug-likeness (QED) is 0.851. The number of likely N-dealkylation sites (N-methyl/N-ethyl adjacent to an activating group) is 1. The predicted molar refractivity (Wildman–Crippen MR) is 73.9 cm³/mol. The molecule has 2 aromatic rings. The molecule has 0 radical (unpaired) electrons. The van der Waals surface area contributed by atoms with Gasteiger partial charge in [0.25, 0.3) is 5.89 Å². The maximum Gasteiger partial charge on any atom is 0.257 e. The second kappa shape index (κ2) is 5.57. The van der Waals surface area contributed by atoms with Crippen molar-refractivity contribution < 1.29 is 13.8 Å². The molecule has 7 nitrogen and oxygen atoms in total. The van der Waals surface area contributed by atoms with E-state index < -0.39 is 0 Å². The zero-order chi connectivity index (χ0) is 15.0. The van der Waals surface area contributed by atoms with Gasteiger partial charge < -0.3 is 18.7 Å². The zero-order valence-corrected chi connectivity index (χ0v) is 12.8. The molecule has 0 saturated carbocycles. The Labute approximate surface area is 123 Å². The van der Waals surface area contributed by atoms with Gasteiger partial charge >= 0.3 is 0 Å². The predicted octanol–water partition coefficient (Wildman–Crippen LogP) is 1.66. The van der Waals surface area contributed by atoms with E-state index in [1.165, 1.54) is 0 Å². The Kier molecular flexibility index (Phi) is 3.77. The number of aromatic nitrogens is 3. The third-order valence-corrected chi connectivity index (χ3v) is 3.72. The summed E-state index contributed by atoms with van der Waals surface area (Å²) in [5, 5.41) is 7.98. The highest BCUT2D eigenvalue weighted by atomic mass is 16.5. The lowest BCUT2D eigenvalue weighted by atomic mass is 10.1. The highest BCUT2D eigenvalue weighted by molar-refractivity contribution is 5.24. The van der Waals surface area contributed by atoms with Crippen LogP contribution in [0.4, 0.5) is 0 Å². The minimum atomic E-state index is -0.162. The van der Waals surface area contributed by atoms with Gasteiger partial charge in [-0.05, 0) is 27.8 Å². The molecule has 0 aliphatic carbocycles. The Morgan fingerprint density at radius 2 is 2.00 bits per heavy atom. The number of hydrogen-bond donors (Lipinski definition) is 0. The lowest BCUT2D eigenvalue weighted by molar-refractivity contribution is -0.0838. The van der Waals surface area contributed by atoms with Crippen molar-refractivity contribution in [1.29, 1.82) is 0 Å². The highest BCUT2D eigenvalue weighted by Gasteiger charge is 2.29. The molecule has 114 valence electrons. The molecule has 1 aliphatic heterocycles. The SMILES string of the molecule is Cc1noc(C)c1Cc1noc([C@H]2CN(C)C[C@@H](C)O2)n1. The summed E-state index contributed by atoms with van der Waals surface area (Å²) in [6.45, 7) is 7.52. The van der Waals surface area contributed by atoms with Crippen molar-refractivity contribution in [3.8, 4) is 0 Å². The maximum absolute atomic E-state index is 5.87. The van der Waals surface area contributed by atoms with E-state index in [2.05, 4.69) is 27.2 Å². The van der Waals surface area contributed by atoms with Crippen molar-refractivity contribution in [2.75, 3.05) is 20.1 Å². The zero-order valence-electron chi connectivity index (χ0n) is 12.8. The monoisotopic (exact) mass is 292 g/mol. The molecule has 0 aromatic carbocycles. The Morgan fingerprint density at radius 1 is 1.19 bits per heavy atom. The molecule has 0 amide bonds. The van der Waals surface area contributed by atoms with E-state index >= 15 is 0 Å². The molecule has 2 atom stereocenters. The van der Waals surface area contributed by atoms with Crippen LogP contribution in [0.5, 0.6) is 0 Å². The number of morpholine rings is 1. The van der Waals surface area contributed by atoms with E-state index in [-0.39, 0.29) is 12.2 Å². The van der Waals surface area contributed by atoms with Gasteiger partial charge in [0.2, 0.25) is 0 Å². The molecule has 1 aliphatic rings. The summed E-state index contributed by atoms with van der Waals surface area (Å²) >= 11 is 0. The number of aryl methyl sites for hydroxylation is 2. The van der Waals surface area contributed by atoms with E-state index in [1.807, 2.05) is 20.8 Å². The largest absolute Gasteiger partial charge is 0.363 e. The van der Waals surface area contributed by atoms with Gasteiger partial charge in [0, 0.05) is 25.1 Å². The molecule has 0 unspecified atom stereocenters. The molecule has 0 N–H and O–H groups in total. The Bertz CT molecular complexity index is 592. The molecule has 21 heavy (non-hydrogen) atoms. The summed E-state index contributed by atoms with van der Waals surface area (Å²) in [5.41, 5.74) is 1.87. The fourth-order valence-corrected chi connectivity index (χ4v) is 2.68. The maximum atomic E-state index is 5.87. The van der Waals surface area contributed by atoms with E-state index in [0.717, 1.165) is 30.1 Å². The van der Waals surface area contributed by atoms with E-state index in [4.69, 9.17) is 13.8 Å². The molecular weight excluding hydrogens is 272 g/mol. The summed E-state index contributed by atoms with van der Waals surface area (Å²) in [6, 6.07) is 0. The number of rotatable bonds is 3. The average Bonchev–Trinajstić information content (AvgIpc) is 3.00. The summed E-state index contributed by atoms with van der Waals surface area (Å²) < 4.78 is 16.4. The van der Waals surface area contributed by atoms with Gasteiger partial charge in [-0.2, -0.15) is 4.98 Å². The van der Waals surface area contributed by atoms with Crippen LogP contribution < -0.4 is 0 Å². The smallest absolute Gasteiger partial charge is 0.257 e. The fourth-order valence-electron chi connectivity index (χ4n) is 2.68. The van der Waals surface area contributed by atoms with Crippen molar-refractivity contribution in [2.45, 2.75) is 39.4 Å². The Balaban J connectivity index is 1.74. The molecule has 0 spiro atoms. The van der Waals surface area contributed by atoms with Gasteiger partial charge in [0.15, 0.2) is 5.82 Å². The Hall–Kier alpha value is -1.73. The number of hydrogen-bond acceptors (Lipinski definition) is 7. The molecule has 1 fully saturated rings. The summed E-state index contributed by atoms with van der Waals surface area (Å²) in [6.07, 6.45) is 0.555. The van der Waals surface area contributed by atoms with Crippen LogP contribution in [0, 0.1) is 13.8 Å². The van der Waals surface area contributed by atoms with Crippen LogP contribution in [-0.4, -0.2) is 46.4 Å².